The first-order chi connectivity index (χ1) is 8.09. The quantitative estimate of drug-likeness (QED) is 0.742. The highest BCUT2D eigenvalue weighted by Crippen LogP contribution is 2.36. The number of aliphatic carboxylic acids is 1. The summed E-state index contributed by atoms with van der Waals surface area (Å²) in [5.41, 5.74) is -0.693. The van der Waals surface area contributed by atoms with E-state index in [1.807, 2.05) is 6.92 Å². The molecule has 5 nitrogen and oxygen atoms in total. The maximum Gasteiger partial charge on any atom is 0.311 e. The maximum absolute atomic E-state index is 12.0. The van der Waals surface area contributed by atoms with Gasteiger partial charge in [0.05, 0.1) is 11.3 Å². The van der Waals surface area contributed by atoms with Gasteiger partial charge in [0.1, 0.15) is 0 Å². The first kappa shape index (κ1) is 12.4. The van der Waals surface area contributed by atoms with E-state index >= 15 is 0 Å². The smallest absolute Gasteiger partial charge is 0.311 e. The van der Waals surface area contributed by atoms with Gasteiger partial charge in [0.25, 0.3) is 0 Å². The van der Waals surface area contributed by atoms with Crippen molar-refractivity contribution in [2.45, 2.75) is 26.2 Å². The van der Waals surface area contributed by atoms with Crippen LogP contribution in [0.15, 0.2) is 0 Å². The lowest BCUT2D eigenvalue weighted by atomic mass is 9.83. The molecule has 2 aliphatic heterocycles. The van der Waals surface area contributed by atoms with Crippen LogP contribution in [0.1, 0.15) is 26.2 Å². The highest BCUT2D eigenvalue weighted by atomic mass is 16.4. The second-order valence-corrected chi connectivity index (χ2v) is 5.20. The first-order valence-corrected chi connectivity index (χ1v) is 6.32. The fourth-order valence-electron chi connectivity index (χ4n) is 2.75. The molecule has 0 saturated carbocycles. The summed E-state index contributed by atoms with van der Waals surface area (Å²) in [5, 5.41) is 12.4. The number of carboxylic acids is 1. The van der Waals surface area contributed by atoms with Gasteiger partial charge in [-0.1, -0.05) is 13.3 Å². The maximum atomic E-state index is 12.0. The zero-order valence-electron chi connectivity index (χ0n) is 10.2. The van der Waals surface area contributed by atoms with E-state index in [0.29, 0.717) is 25.9 Å². The molecule has 2 rings (SSSR count). The number of carbonyl (C=O) groups is 2. The molecular weight excluding hydrogens is 220 g/mol. The molecule has 96 valence electrons. The molecule has 1 unspecified atom stereocenters. The van der Waals surface area contributed by atoms with Crippen molar-refractivity contribution >= 4 is 11.9 Å². The summed E-state index contributed by atoms with van der Waals surface area (Å²) in [4.78, 5) is 25.2. The number of carboxylic acid groups (broad SMARTS) is 1. The number of likely N-dealkylation sites (tertiary alicyclic amines) is 1. The highest BCUT2D eigenvalue weighted by molar-refractivity contribution is 5.83. The Morgan fingerprint density at radius 2 is 2.18 bits per heavy atom. The molecule has 0 radical (unpaired) electrons. The summed E-state index contributed by atoms with van der Waals surface area (Å²) in [6.45, 7) is 4.46. The molecular formula is C12H20N2O3. The second-order valence-electron chi connectivity index (χ2n) is 5.20. The zero-order chi connectivity index (χ0) is 12.5. The lowest BCUT2D eigenvalue weighted by Gasteiger charge is -2.31. The monoisotopic (exact) mass is 240 g/mol. The van der Waals surface area contributed by atoms with Gasteiger partial charge in [-0.2, -0.15) is 0 Å². The summed E-state index contributed by atoms with van der Waals surface area (Å²) in [6.07, 6.45) is 2.11. The van der Waals surface area contributed by atoms with E-state index in [2.05, 4.69) is 5.32 Å². The Morgan fingerprint density at radius 3 is 2.65 bits per heavy atom. The van der Waals surface area contributed by atoms with Crippen LogP contribution in [0.3, 0.4) is 0 Å². The minimum absolute atomic E-state index is 0.0706. The average molecular weight is 240 g/mol. The molecule has 0 bridgehead atoms. The largest absolute Gasteiger partial charge is 0.481 e. The van der Waals surface area contributed by atoms with Gasteiger partial charge in [-0.3, -0.25) is 9.59 Å². The summed E-state index contributed by atoms with van der Waals surface area (Å²) < 4.78 is 0. The average Bonchev–Trinajstić information content (AvgIpc) is 2.61. The molecule has 17 heavy (non-hydrogen) atoms. The Morgan fingerprint density at radius 1 is 1.47 bits per heavy atom. The predicted octanol–water partition coefficient (Wildman–Crippen LogP) is 0.309. The third kappa shape index (κ3) is 2.16. The van der Waals surface area contributed by atoms with Crippen LogP contribution in [-0.4, -0.2) is 48.1 Å². The minimum Gasteiger partial charge on any atom is -0.481 e. The van der Waals surface area contributed by atoms with Crippen molar-refractivity contribution in [3.8, 4) is 0 Å². The Hall–Kier alpha value is -1.10. The third-order valence-corrected chi connectivity index (χ3v) is 3.98. The van der Waals surface area contributed by atoms with Crippen molar-refractivity contribution in [3.05, 3.63) is 0 Å². The van der Waals surface area contributed by atoms with Crippen LogP contribution >= 0.6 is 0 Å². The van der Waals surface area contributed by atoms with Gasteiger partial charge in [0.2, 0.25) is 5.91 Å². The van der Waals surface area contributed by atoms with E-state index in [9.17, 15) is 14.7 Å². The topological polar surface area (TPSA) is 69.6 Å². The number of amides is 1. The fraction of sp³-hybridized carbons (Fsp3) is 0.833. The van der Waals surface area contributed by atoms with Crippen molar-refractivity contribution in [3.63, 3.8) is 0 Å². The van der Waals surface area contributed by atoms with Crippen LogP contribution < -0.4 is 5.32 Å². The van der Waals surface area contributed by atoms with Gasteiger partial charge in [-0.05, 0) is 12.8 Å². The number of rotatable bonds is 4. The second kappa shape index (κ2) is 4.64. The Kier molecular flexibility index (Phi) is 3.38. The number of carbonyl (C=O) groups excluding carboxylic acids is 1. The summed E-state index contributed by atoms with van der Waals surface area (Å²) in [5.74, 6) is -0.550. The van der Waals surface area contributed by atoms with Gasteiger partial charge in [0, 0.05) is 26.2 Å². The van der Waals surface area contributed by atoms with Crippen LogP contribution in [0, 0.1) is 11.3 Å². The third-order valence-electron chi connectivity index (χ3n) is 3.98. The lowest BCUT2D eigenvalue weighted by Crippen LogP contribution is -2.52. The van der Waals surface area contributed by atoms with Crippen LogP contribution in [0.4, 0.5) is 0 Å². The molecule has 0 aromatic carbocycles. The van der Waals surface area contributed by atoms with Crippen molar-refractivity contribution in [2.75, 3.05) is 26.2 Å². The number of nitrogens with zero attached hydrogens (tertiary/aromatic N) is 1. The molecule has 2 N–H and O–H groups in total. The first-order valence-electron chi connectivity index (χ1n) is 6.32. The van der Waals surface area contributed by atoms with E-state index in [4.69, 9.17) is 0 Å². The van der Waals surface area contributed by atoms with E-state index < -0.39 is 11.4 Å². The van der Waals surface area contributed by atoms with Crippen LogP contribution in [-0.2, 0) is 9.59 Å². The SMILES string of the molecule is CCCC1(C(=O)O)CCN(C(=O)C2CNC2)C1. The van der Waals surface area contributed by atoms with Gasteiger partial charge >= 0.3 is 5.97 Å². The lowest BCUT2D eigenvalue weighted by molar-refractivity contribution is -0.149. The van der Waals surface area contributed by atoms with Gasteiger partial charge in [-0.15, -0.1) is 0 Å². The van der Waals surface area contributed by atoms with Crippen molar-refractivity contribution in [1.29, 1.82) is 0 Å². The Balaban J connectivity index is 2.01. The van der Waals surface area contributed by atoms with Crippen molar-refractivity contribution in [2.24, 2.45) is 11.3 Å². The van der Waals surface area contributed by atoms with Crippen LogP contribution in [0.5, 0.6) is 0 Å². The standard InChI is InChI=1S/C12H20N2O3/c1-2-3-12(11(16)17)4-5-14(8-12)10(15)9-6-13-7-9/h9,13H,2-8H2,1H3,(H,16,17). The zero-order valence-corrected chi connectivity index (χ0v) is 10.2. The van der Waals surface area contributed by atoms with E-state index in [1.165, 1.54) is 0 Å². The van der Waals surface area contributed by atoms with Gasteiger partial charge < -0.3 is 15.3 Å². The molecule has 2 saturated heterocycles. The highest BCUT2D eigenvalue weighted by Gasteiger charge is 2.46. The van der Waals surface area contributed by atoms with Crippen molar-refractivity contribution in [1.82, 2.24) is 10.2 Å². The number of hydrogen-bond donors (Lipinski definition) is 2. The molecule has 0 aliphatic carbocycles. The number of hydrogen-bond acceptors (Lipinski definition) is 3. The molecule has 0 aromatic heterocycles. The predicted molar refractivity (Wildman–Crippen MR) is 62.5 cm³/mol. The summed E-state index contributed by atoms with van der Waals surface area (Å²) in [6, 6.07) is 0. The fourth-order valence-corrected chi connectivity index (χ4v) is 2.75. The normalized spacial score (nSPS) is 29.1. The van der Waals surface area contributed by atoms with Crippen molar-refractivity contribution < 1.29 is 14.7 Å². The molecule has 1 amide bonds. The molecule has 2 aliphatic rings. The van der Waals surface area contributed by atoms with E-state index in [0.717, 1.165) is 19.5 Å². The molecule has 0 spiro atoms. The Bertz CT molecular complexity index is 328. The summed E-state index contributed by atoms with van der Waals surface area (Å²) >= 11 is 0. The number of nitrogens with one attached hydrogen (secondary N) is 1. The molecule has 0 aromatic rings. The molecule has 1 atom stereocenters. The molecule has 5 heteroatoms. The van der Waals surface area contributed by atoms with Gasteiger partial charge in [0.15, 0.2) is 0 Å². The van der Waals surface area contributed by atoms with E-state index in [-0.39, 0.29) is 11.8 Å². The summed E-state index contributed by atoms with van der Waals surface area (Å²) in [7, 11) is 0. The molecule has 2 fully saturated rings. The minimum atomic E-state index is -0.749. The van der Waals surface area contributed by atoms with Crippen LogP contribution in [0.2, 0.25) is 0 Å². The van der Waals surface area contributed by atoms with E-state index in [1.54, 1.807) is 4.90 Å². The van der Waals surface area contributed by atoms with Crippen LogP contribution in [0.25, 0.3) is 0 Å². The Labute approximate surface area is 101 Å². The van der Waals surface area contributed by atoms with Gasteiger partial charge in [-0.25, -0.2) is 0 Å². The molecule has 2 heterocycles.